The van der Waals surface area contributed by atoms with Crippen LogP contribution in [0.15, 0.2) is 24.3 Å². The van der Waals surface area contributed by atoms with E-state index in [-0.39, 0.29) is 18.3 Å². The third-order valence-corrected chi connectivity index (χ3v) is 5.99. The Balaban J connectivity index is 1.44. The van der Waals surface area contributed by atoms with E-state index in [0.717, 1.165) is 31.2 Å². The van der Waals surface area contributed by atoms with Crippen LogP contribution in [0, 0.1) is 27.9 Å². The van der Waals surface area contributed by atoms with E-state index in [4.69, 9.17) is 0 Å². The van der Waals surface area contributed by atoms with Crippen molar-refractivity contribution in [3.05, 3.63) is 39.9 Å². The van der Waals surface area contributed by atoms with Crippen LogP contribution in [-0.2, 0) is 6.54 Å². The summed E-state index contributed by atoms with van der Waals surface area (Å²) in [4.78, 5) is 25.4. The molecule has 2 aliphatic carbocycles. The third-order valence-electron chi connectivity index (χ3n) is 5.99. The van der Waals surface area contributed by atoms with Gasteiger partial charge in [-0.2, -0.15) is 0 Å². The summed E-state index contributed by atoms with van der Waals surface area (Å²) >= 11 is 0. The second-order valence-corrected chi connectivity index (χ2v) is 7.63. The topological polar surface area (TPSA) is 75.5 Å². The van der Waals surface area contributed by atoms with Gasteiger partial charge in [-0.05, 0) is 49.9 Å². The van der Waals surface area contributed by atoms with Crippen molar-refractivity contribution in [3.8, 4) is 0 Å². The number of carbonyl (C=O) groups excluding carboxylic acids is 1. The smallest absolute Gasteiger partial charge is 0.317 e. The molecular weight excluding hydrogens is 306 g/mol. The molecule has 0 aromatic heterocycles. The van der Waals surface area contributed by atoms with Gasteiger partial charge in [0.05, 0.1) is 11.5 Å². The van der Waals surface area contributed by atoms with Gasteiger partial charge >= 0.3 is 6.03 Å². The molecule has 4 fully saturated rings. The van der Waals surface area contributed by atoms with Gasteiger partial charge in [0.25, 0.3) is 5.69 Å². The van der Waals surface area contributed by atoms with E-state index in [0.29, 0.717) is 17.5 Å². The van der Waals surface area contributed by atoms with E-state index in [9.17, 15) is 14.9 Å². The van der Waals surface area contributed by atoms with Gasteiger partial charge < -0.3 is 10.2 Å². The Labute approximate surface area is 141 Å². The van der Waals surface area contributed by atoms with E-state index in [1.807, 2.05) is 4.90 Å². The Morgan fingerprint density at radius 2 is 1.79 bits per heavy atom. The SMILES string of the molecule is O=C(NCc1ccccc1[N+](=O)[O-])N1CC2CC3CC(C2)CC1C3. The minimum atomic E-state index is -0.395. The van der Waals surface area contributed by atoms with Gasteiger partial charge in [-0.15, -0.1) is 0 Å². The van der Waals surface area contributed by atoms with Crippen LogP contribution in [-0.4, -0.2) is 28.4 Å². The van der Waals surface area contributed by atoms with Crippen LogP contribution < -0.4 is 5.32 Å². The molecule has 1 aromatic carbocycles. The van der Waals surface area contributed by atoms with Gasteiger partial charge in [0.2, 0.25) is 0 Å². The number of nitrogens with one attached hydrogen (secondary N) is 1. The van der Waals surface area contributed by atoms with Crippen molar-refractivity contribution in [1.29, 1.82) is 0 Å². The monoisotopic (exact) mass is 329 g/mol. The number of nitro benzene ring substituents is 1. The van der Waals surface area contributed by atoms with E-state index >= 15 is 0 Å². The van der Waals surface area contributed by atoms with Crippen molar-refractivity contribution in [2.75, 3.05) is 6.54 Å². The molecule has 2 saturated carbocycles. The molecule has 5 rings (SSSR count). The van der Waals surface area contributed by atoms with Crippen LogP contribution in [0.1, 0.15) is 37.7 Å². The molecule has 2 atom stereocenters. The van der Waals surface area contributed by atoms with Crippen LogP contribution in [0.5, 0.6) is 0 Å². The van der Waals surface area contributed by atoms with Crippen molar-refractivity contribution < 1.29 is 9.72 Å². The van der Waals surface area contributed by atoms with Crippen molar-refractivity contribution in [3.63, 3.8) is 0 Å². The van der Waals surface area contributed by atoms with E-state index in [2.05, 4.69) is 5.32 Å². The largest absolute Gasteiger partial charge is 0.334 e. The highest BCUT2D eigenvalue weighted by atomic mass is 16.6. The Kier molecular flexibility index (Phi) is 3.90. The molecule has 0 radical (unpaired) electrons. The van der Waals surface area contributed by atoms with E-state index < -0.39 is 4.92 Å². The van der Waals surface area contributed by atoms with Gasteiger partial charge in [0, 0.05) is 24.2 Å². The average molecular weight is 329 g/mol. The standard InChI is InChI=1S/C18H23N3O3/c22-18(19-10-15-3-1-2-4-17(15)21(23)24)20-11-14-6-12-5-13(7-14)9-16(20)8-12/h1-4,12-14,16H,5-11H2,(H,19,22). The summed E-state index contributed by atoms with van der Waals surface area (Å²) in [5.74, 6) is 2.22. The second kappa shape index (κ2) is 6.07. The summed E-state index contributed by atoms with van der Waals surface area (Å²) in [5, 5.41) is 14.0. The Bertz CT molecular complexity index is 649. The molecule has 6 heteroatoms. The molecule has 2 amide bonds. The highest BCUT2D eigenvalue weighted by Gasteiger charge is 2.44. The minimum absolute atomic E-state index is 0.0636. The molecular formula is C18H23N3O3. The van der Waals surface area contributed by atoms with Crippen LogP contribution in [0.3, 0.4) is 0 Å². The number of benzene rings is 1. The zero-order valence-electron chi connectivity index (χ0n) is 13.7. The van der Waals surface area contributed by atoms with Crippen LogP contribution in [0.25, 0.3) is 0 Å². The maximum absolute atomic E-state index is 12.7. The normalized spacial score (nSPS) is 30.9. The van der Waals surface area contributed by atoms with Crippen molar-refractivity contribution >= 4 is 11.7 Å². The first-order valence-electron chi connectivity index (χ1n) is 8.87. The average Bonchev–Trinajstić information content (AvgIpc) is 2.76. The van der Waals surface area contributed by atoms with Crippen LogP contribution in [0.2, 0.25) is 0 Å². The number of amides is 2. The summed E-state index contributed by atoms with van der Waals surface area (Å²) in [6.07, 6.45) is 6.14. The number of fused-ring (bicyclic) bond motifs is 1. The molecule has 1 N–H and O–H groups in total. The summed E-state index contributed by atoms with van der Waals surface area (Å²) in [6.45, 7) is 1.05. The van der Waals surface area contributed by atoms with Crippen molar-refractivity contribution in [2.24, 2.45) is 17.8 Å². The Morgan fingerprint density at radius 1 is 1.12 bits per heavy atom. The number of hydrogen-bond acceptors (Lipinski definition) is 3. The first-order chi connectivity index (χ1) is 11.6. The third kappa shape index (κ3) is 2.85. The number of hydrogen-bond donors (Lipinski definition) is 1. The van der Waals surface area contributed by atoms with Crippen molar-refractivity contribution in [2.45, 2.75) is 44.7 Å². The van der Waals surface area contributed by atoms with E-state index in [1.54, 1.807) is 18.2 Å². The zero-order valence-corrected chi connectivity index (χ0v) is 13.7. The number of para-hydroxylation sites is 1. The highest BCUT2D eigenvalue weighted by molar-refractivity contribution is 5.75. The lowest BCUT2D eigenvalue weighted by Gasteiger charge is -2.38. The highest BCUT2D eigenvalue weighted by Crippen LogP contribution is 2.47. The Hall–Kier alpha value is -2.11. The fourth-order valence-electron chi connectivity index (χ4n) is 5.14. The molecule has 24 heavy (non-hydrogen) atoms. The van der Waals surface area contributed by atoms with Crippen LogP contribution in [0.4, 0.5) is 10.5 Å². The molecule has 128 valence electrons. The van der Waals surface area contributed by atoms with Crippen molar-refractivity contribution in [1.82, 2.24) is 10.2 Å². The summed E-state index contributed by atoms with van der Waals surface area (Å²) in [5.41, 5.74) is 0.616. The van der Waals surface area contributed by atoms with Crippen LogP contribution >= 0.6 is 0 Å². The maximum Gasteiger partial charge on any atom is 0.317 e. The second-order valence-electron chi connectivity index (χ2n) is 7.63. The molecule has 2 saturated heterocycles. The first kappa shape index (κ1) is 15.4. The summed E-state index contributed by atoms with van der Waals surface area (Å²) in [6, 6.07) is 6.88. The van der Waals surface area contributed by atoms with E-state index in [1.165, 1.54) is 25.3 Å². The maximum atomic E-state index is 12.7. The molecule has 4 aliphatic rings. The fraction of sp³-hybridized carbons (Fsp3) is 0.611. The molecule has 4 bridgehead atoms. The first-order valence-corrected chi connectivity index (χ1v) is 8.87. The Morgan fingerprint density at radius 3 is 2.50 bits per heavy atom. The summed E-state index contributed by atoms with van der Waals surface area (Å²) < 4.78 is 0. The molecule has 2 unspecified atom stereocenters. The lowest BCUT2D eigenvalue weighted by molar-refractivity contribution is -0.385. The predicted molar refractivity (Wildman–Crippen MR) is 89.4 cm³/mol. The molecule has 6 nitrogen and oxygen atoms in total. The number of urea groups is 1. The number of rotatable bonds is 3. The van der Waals surface area contributed by atoms with Gasteiger partial charge in [-0.25, -0.2) is 4.79 Å². The number of nitro groups is 1. The molecule has 2 aliphatic heterocycles. The lowest BCUT2D eigenvalue weighted by Crippen LogP contribution is -2.47. The quantitative estimate of drug-likeness (QED) is 0.683. The minimum Gasteiger partial charge on any atom is -0.334 e. The number of nitrogens with zero attached hydrogens (tertiary/aromatic N) is 2. The fourth-order valence-corrected chi connectivity index (χ4v) is 5.14. The molecule has 0 spiro atoms. The molecule has 1 aromatic rings. The van der Waals surface area contributed by atoms with Gasteiger partial charge in [-0.1, -0.05) is 18.2 Å². The number of carbonyl (C=O) groups is 1. The van der Waals surface area contributed by atoms with Gasteiger partial charge in [0.1, 0.15) is 0 Å². The molecule has 2 heterocycles. The van der Waals surface area contributed by atoms with Gasteiger partial charge in [0.15, 0.2) is 0 Å². The summed E-state index contributed by atoms with van der Waals surface area (Å²) in [7, 11) is 0. The predicted octanol–water partition coefficient (Wildman–Crippen LogP) is 3.31. The zero-order chi connectivity index (χ0) is 16.7. The van der Waals surface area contributed by atoms with Gasteiger partial charge in [-0.3, -0.25) is 10.1 Å². The lowest BCUT2D eigenvalue weighted by atomic mass is 9.68.